The molecule has 0 N–H and O–H groups in total. The van der Waals surface area contributed by atoms with Crippen LogP contribution in [0, 0.1) is 5.92 Å². The molecule has 1 aromatic carbocycles. The maximum Gasteiger partial charge on any atom is 0.310 e. The highest BCUT2D eigenvalue weighted by molar-refractivity contribution is 7.93. The number of sulfone groups is 1. The van der Waals surface area contributed by atoms with E-state index in [0.29, 0.717) is 26.3 Å². The number of nitrogens with zero attached hydrogens (tertiary/aromatic N) is 1. The minimum Gasteiger partial charge on any atom is -0.466 e. The summed E-state index contributed by atoms with van der Waals surface area (Å²) in [5, 5.41) is 0. The standard InChI is InChI=1S/C20H29NO6S/c1-4-27-18(22)17(14-16-8-6-5-7-9-16)15-28(24,25)20(2,3)19(23)21-10-12-26-13-11-21/h5-9,17H,4,10-15H2,1-3H3/t17-/m1/s1. The highest BCUT2D eigenvalue weighted by Crippen LogP contribution is 2.25. The Bertz CT molecular complexity index is 769. The zero-order valence-corrected chi connectivity index (χ0v) is 17.5. The van der Waals surface area contributed by atoms with E-state index < -0.39 is 38.1 Å². The van der Waals surface area contributed by atoms with E-state index in [4.69, 9.17) is 9.47 Å². The van der Waals surface area contributed by atoms with Crippen LogP contribution in [0.2, 0.25) is 0 Å². The van der Waals surface area contributed by atoms with Crippen molar-refractivity contribution >= 4 is 21.7 Å². The highest BCUT2D eigenvalue weighted by Gasteiger charge is 2.46. The van der Waals surface area contributed by atoms with Crippen molar-refractivity contribution in [3.05, 3.63) is 35.9 Å². The van der Waals surface area contributed by atoms with Gasteiger partial charge in [0.1, 0.15) is 4.75 Å². The third-order valence-electron chi connectivity index (χ3n) is 4.96. The molecule has 0 spiro atoms. The second-order valence-corrected chi connectivity index (χ2v) is 9.92. The van der Waals surface area contributed by atoms with Gasteiger partial charge in [0.15, 0.2) is 9.84 Å². The van der Waals surface area contributed by atoms with Crippen molar-refractivity contribution in [2.45, 2.75) is 31.9 Å². The Labute approximate surface area is 166 Å². The van der Waals surface area contributed by atoms with E-state index >= 15 is 0 Å². The second-order valence-electron chi connectivity index (χ2n) is 7.33. The SMILES string of the molecule is CCOC(=O)[C@H](Cc1ccccc1)CS(=O)(=O)C(C)(C)C(=O)N1CCOCC1. The first-order valence-corrected chi connectivity index (χ1v) is 11.1. The molecule has 1 saturated heterocycles. The number of morpholine rings is 1. The van der Waals surface area contributed by atoms with Crippen molar-refractivity contribution in [1.82, 2.24) is 4.90 Å². The van der Waals surface area contributed by atoms with Crippen LogP contribution >= 0.6 is 0 Å². The summed E-state index contributed by atoms with van der Waals surface area (Å²) < 4.78 is 35.0. The maximum absolute atomic E-state index is 13.2. The van der Waals surface area contributed by atoms with Gasteiger partial charge in [-0.2, -0.15) is 0 Å². The quantitative estimate of drug-likeness (QED) is 0.602. The van der Waals surface area contributed by atoms with Gasteiger partial charge in [0, 0.05) is 13.1 Å². The van der Waals surface area contributed by atoms with E-state index in [0.717, 1.165) is 5.56 Å². The number of hydrogen-bond acceptors (Lipinski definition) is 6. The molecule has 1 aliphatic rings. The van der Waals surface area contributed by atoms with Crippen LogP contribution < -0.4 is 0 Å². The van der Waals surface area contributed by atoms with Gasteiger partial charge in [-0.05, 0) is 32.8 Å². The third-order valence-corrected chi connectivity index (χ3v) is 7.53. The molecule has 1 aliphatic heterocycles. The van der Waals surface area contributed by atoms with Gasteiger partial charge >= 0.3 is 5.97 Å². The molecular formula is C20H29NO6S. The van der Waals surface area contributed by atoms with Gasteiger partial charge in [-0.15, -0.1) is 0 Å². The van der Waals surface area contributed by atoms with Crippen LogP contribution in [-0.4, -0.2) is 68.6 Å². The van der Waals surface area contributed by atoms with Crippen LogP contribution in [0.25, 0.3) is 0 Å². The van der Waals surface area contributed by atoms with Gasteiger partial charge in [-0.25, -0.2) is 8.42 Å². The molecule has 1 atom stereocenters. The van der Waals surface area contributed by atoms with Crippen molar-refractivity contribution in [2.24, 2.45) is 5.92 Å². The number of hydrogen-bond donors (Lipinski definition) is 0. The predicted molar refractivity (Wildman–Crippen MR) is 106 cm³/mol. The van der Waals surface area contributed by atoms with Crippen molar-refractivity contribution in [3.63, 3.8) is 0 Å². The number of carbonyl (C=O) groups is 2. The fraction of sp³-hybridized carbons (Fsp3) is 0.600. The number of carbonyl (C=O) groups excluding carboxylic acids is 2. The first-order valence-electron chi connectivity index (χ1n) is 9.49. The Balaban J connectivity index is 2.21. The van der Waals surface area contributed by atoms with Crippen molar-refractivity contribution in [3.8, 4) is 0 Å². The van der Waals surface area contributed by atoms with E-state index in [1.165, 1.54) is 18.7 Å². The summed E-state index contributed by atoms with van der Waals surface area (Å²) in [4.78, 5) is 26.8. The van der Waals surface area contributed by atoms with Gasteiger partial charge in [0.25, 0.3) is 0 Å². The number of amides is 1. The fourth-order valence-corrected chi connectivity index (χ4v) is 4.72. The van der Waals surface area contributed by atoms with Crippen LogP contribution in [0.1, 0.15) is 26.3 Å². The van der Waals surface area contributed by atoms with E-state index in [9.17, 15) is 18.0 Å². The topological polar surface area (TPSA) is 90.0 Å². The smallest absolute Gasteiger partial charge is 0.310 e. The lowest BCUT2D eigenvalue weighted by atomic mass is 10.0. The number of rotatable bonds is 8. The monoisotopic (exact) mass is 411 g/mol. The van der Waals surface area contributed by atoms with Gasteiger partial charge in [0.2, 0.25) is 5.91 Å². The zero-order chi connectivity index (χ0) is 20.8. The summed E-state index contributed by atoms with van der Waals surface area (Å²) in [6.45, 7) is 6.17. The molecule has 1 amide bonds. The number of esters is 1. The molecule has 0 aromatic heterocycles. The molecule has 1 fully saturated rings. The average molecular weight is 412 g/mol. The lowest BCUT2D eigenvalue weighted by Crippen LogP contribution is -2.54. The van der Waals surface area contributed by atoms with Crippen LogP contribution in [0.15, 0.2) is 30.3 Å². The molecule has 0 aliphatic carbocycles. The minimum absolute atomic E-state index is 0.167. The van der Waals surface area contributed by atoms with Gasteiger partial charge < -0.3 is 14.4 Å². The molecule has 0 radical (unpaired) electrons. The summed E-state index contributed by atoms with van der Waals surface area (Å²) in [7, 11) is -3.92. The predicted octanol–water partition coefficient (Wildman–Crippen LogP) is 1.46. The molecular weight excluding hydrogens is 382 g/mol. The van der Waals surface area contributed by atoms with Gasteiger partial charge in [-0.1, -0.05) is 30.3 Å². The molecule has 7 nitrogen and oxygen atoms in total. The van der Waals surface area contributed by atoms with E-state index in [1.54, 1.807) is 6.92 Å². The molecule has 0 unspecified atom stereocenters. The van der Waals surface area contributed by atoms with Crippen LogP contribution in [-0.2, 0) is 35.3 Å². The molecule has 0 saturated carbocycles. The van der Waals surface area contributed by atoms with Crippen molar-refractivity contribution in [2.75, 3.05) is 38.7 Å². The highest BCUT2D eigenvalue weighted by atomic mass is 32.2. The largest absolute Gasteiger partial charge is 0.466 e. The first kappa shape index (κ1) is 22.4. The molecule has 1 aromatic rings. The summed E-state index contributed by atoms with van der Waals surface area (Å²) in [5.41, 5.74) is 0.841. The summed E-state index contributed by atoms with van der Waals surface area (Å²) in [6.07, 6.45) is 0.237. The summed E-state index contributed by atoms with van der Waals surface area (Å²) in [6, 6.07) is 9.19. The Morgan fingerprint density at radius 1 is 1.18 bits per heavy atom. The Morgan fingerprint density at radius 2 is 1.79 bits per heavy atom. The Hall–Kier alpha value is -1.93. The molecule has 8 heteroatoms. The van der Waals surface area contributed by atoms with E-state index in [1.807, 2.05) is 30.3 Å². The van der Waals surface area contributed by atoms with Crippen LogP contribution in [0.3, 0.4) is 0 Å². The van der Waals surface area contributed by atoms with Gasteiger partial charge in [-0.3, -0.25) is 9.59 Å². The van der Waals surface area contributed by atoms with E-state index in [2.05, 4.69) is 0 Å². The fourth-order valence-electron chi connectivity index (χ4n) is 3.12. The molecule has 156 valence electrons. The number of ether oxygens (including phenoxy) is 2. The third kappa shape index (κ3) is 5.32. The Kier molecular flexibility index (Phi) is 7.60. The lowest BCUT2D eigenvalue weighted by molar-refractivity contribution is -0.147. The molecule has 0 bridgehead atoms. The van der Waals surface area contributed by atoms with Crippen molar-refractivity contribution < 1.29 is 27.5 Å². The summed E-state index contributed by atoms with van der Waals surface area (Å²) in [5.74, 6) is -2.34. The second kappa shape index (κ2) is 9.52. The minimum atomic E-state index is -3.92. The lowest BCUT2D eigenvalue weighted by Gasteiger charge is -2.34. The normalized spacial score (nSPS) is 16.5. The molecule has 1 heterocycles. The van der Waals surface area contributed by atoms with Crippen LogP contribution in [0.4, 0.5) is 0 Å². The van der Waals surface area contributed by atoms with E-state index in [-0.39, 0.29) is 13.0 Å². The van der Waals surface area contributed by atoms with Crippen molar-refractivity contribution in [1.29, 1.82) is 0 Å². The molecule has 2 rings (SSSR count). The Morgan fingerprint density at radius 3 is 2.36 bits per heavy atom. The molecule has 28 heavy (non-hydrogen) atoms. The first-order chi connectivity index (χ1) is 13.2. The average Bonchev–Trinajstić information content (AvgIpc) is 2.68. The maximum atomic E-state index is 13.2. The number of benzene rings is 1. The zero-order valence-electron chi connectivity index (χ0n) is 16.7. The summed E-state index contributed by atoms with van der Waals surface area (Å²) >= 11 is 0. The van der Waals surface area contributed by atoms with Crippen LogP contribution in [0.5, 0.6) is 0 Å². The van der Waals surface area contributed by atoms with Gasteiger partial charge in [0.05, 0.1) is 31.5 Å².